The highest BCUT2D eigenvalue weighted by molar-refractivity contribution is 5.59. The van der Waals surface area contributed by atoms with Crippen LogP contribution in [0.1, 0.15) is 11.4 Å². The maximum atomic E-state index is 13.8. The summed E-state index contributed by atoms with van der Waals surface area (Å²) in [5, 5.41) is 23.6. The Morgan fingerprint density at radius 1 is 1.18 bits per heavy atom. The number of aromatic nitrogens is 4. The molecule has 22 heavy (non-hydrogen) atoms. The number of nitrogens with one attached hydrogen (secondary N) is 1. The standard InChI is InChI=1S/C15H11FN6/c1-10-13(19-15-7-6-11(8-17)20-21-15)9-18-22(10)14-5-3-2-4-12(14)16/h2-7,9H,1H3,(H,19,21). The summed E-state index contributed by atoms with van der Waals surface area (Å²) in [5.74, 6) is 0.133. The quantitative estimate of drug-likeness (QED) is 0.803. The Morgan fingerprint density at radius 3 is 2.68 bits per heavy atom. The second-order valence-electron chi connectivity index (χ2n) is 4.55. The van der Waals surface area contributed by atoms with Crippen molar-refractivity contribution in [3.05, 3.63) is 59.8 Å². The van der Waals surface area contributed by atoms with Gasteiger partial charge in [-0.1, -0.05) is 12.1 Å². The summed E-state index contributed by atoms with van der Waals surface area (Å²) in [4.78, 5) is 0. The van der Waals surface area contributed by atoms with Gasteiger partial charge in [-0.15, -0.1) is 10.2 Å². The molecular weight excluding hydrogens is 283 g/mol. The number of anilines is 2. The van der Waals surface area contributed by atoms with Gasteiger partial charge >= 0.3 is 0 Å². The van der Waals surface area contributed by atoms with E-state index in [9.17, 15) is 4.39 Å². The maximum absolute atomic E-state index is 13.8. The molecule has 0 bridgehead atoms. The molecule has 3 aromatic rings. The van der Waals surface area contributed by atoms with Crippen molar-refractivity contribution in [2.75, 3.05) is 5.32 Å². The van der Waals surface area contributed by atoms with E-state index < -0.39 is 0 Å². The van der Waals surface area contributed by atoms with Gasteiger partial charge in [0.1, 0.15) is 17.6 Å². The minimum atomic E-state index is -0.349. The van der Waals surface area contributed by atoms with Crippen LogP contribution in [0.25, 0.3) is 5.69 Å². The van der Waals surface area contributed by atoms with Crippen molar-refractivity contribution >= 4 is 11.5 Å². The molecule has 0 amide bonds. The lowest BCUT2D eigenvalue weighted by molar-refractivity contribution is 0.608. The van der Waals surface area contributed by atoms with Gasteiger partial charge in [-0.3, -0.25) is 0 Å². The van der Waals surface area contributed by atoms with Gasteiger partial charge in [0.25, 0.3) is 0 Å². The Bertz CT molecular complexity index is 847. The molecule has 0 aliphatic heterocycles. The van der Waals surface area contributed by atoms with Crippen LogP contribution in [-0.4, -0.2) is 20.0 Å². The van der Waals surface area contributed by atoms with E-state index in [1.165, 1.54) is 10.7 Å². The van der Waals surface area contributed by atoms with E-state index in [2.05, 4.69) is 20.6 Å². The van der Waals surface area contributed by atoms with Crippen LogP contribution in [0.2, 0.25) is 0 Å². The zero-order chi connectivity index (χ0) is 15.5. The van der Waals surface area contributed by atoms with Crippen molar-refractivity contribution in [1.29, 1.82) is 5.26 Å². The van der Waals surface area contributed by atoms with Gasteiger partial charge in [-0.05, 0) is 31.2 Å². The minimum absolute atomic E-state index is 0.240. The number of nitrogens with zero attached hydrogens (tertiary/aromatic N) is 5. The molecule has 0 fully saturated rings. The Balaban J connectivity index is 1.90. The van der Waals surface area contributed by atoms with E-state index in [1.807, 2.05) is 13.0 Å². The molecule has 0 radical (unpaired) electrons. The number of halogens is 1. The van der Waals surface area contributed by atoms with Crippen molar-refractivity contribution in [3.8, 4) is 11.8 Å². The second-order valence-corrected chi connectivity index (χ2v) is 4.55. The monoisotopic (exact) mass is 294 g/mol. The molecular formula is C15H11FN6. The average molecular weight is 294 g/mol. The van der Waals surface area contributed by atoms with Gasteiger partial charge in [0.05, 0.1) is 17.6 Å². The van der Waals surface area contributed by atoms with Crippen molar-refractivity contribution < 1.29 is 4.39 Å². The first-order valence-corrected chi connectivity index (χ1v) is 6.49. The van der Waals surface area contributed by atoms with Crippen LogP contribution in [-0.2, 0) is 0 Å². The molecule has 0 aliphatic carbocycles. The molecule has 2 aromatic heterocycles. The summed E-state index contributed by atoms with van der Waals surface area (Å²) >= 11 is 0. The Morgan fingerprint density at radius 2 is 2.00 bits per heavy atom. The largest absolute Gasteiger partial charge is 0.336 e. The van der Waals surface area contributed by atoms with E-state index in [0.717, 1.165) is 5.69 Å². The smallest absolute Gasteiger partial charge is 0.163 e. The number of rotatable bonds is 3. The highest BCUT2D eigenvalue weighted by atomic mass is 19.1. The predicted molar refractivity (Wildman–Crippen MR) is 78.3 cm³/mol. The van der Waals surface area contributed by atoms with Crippen LogP contribution in [0.5, 0.6) is 0 Å². The number of benzene rings is 1. The molecule has 0 atom stereocenters. The molecule has 7 heteroatoms. The first-order valence-electron chi connectivity index (χ1n) is 6.49. The third kappa shape index (κ3) is 2.50. The number of hydrogen-bond donors (Lipinski definition) is 1. The van der Waals surface area contributed by atoms with Gasteiger partial charge in [-0.25, -0.2) is 9.07 Å². The summed E-state index contributed by atoms with van der Waals surface area (Å²) in [5.41, 5.74) is 2.03. The Labute approximate surface area is 125 Å². The Kier molecular flexibility index (Phi) is 3.50. The lowest BCUT2D eigenvalue weighted by atomic mass is 10.3. The van der Waals surface area contributed by atoms with E-state index in [0.29, 0.717) is 17.2 Å². The zero-order valence-electron chi connectivity index (χ0n) is 11.7. The average Bonchev–Trinajstić information content (AvgIpc) is 2.90. The van der Waals surface area contributed by atoms with E-state index in [-0.39, 0.29) is 11.5 Å². The zero-order valence-corrected chi connectivity index (χ0v) is 11.7. The molecule has 0 saturated heterocycles. The van der Waals surface area contributed by atoms with Crippen LogP contribution >= 0.6 is 0 Å². The summed E-state index contributed by atoms with van der Waals surface area (Å²) in [7, 11) is 0. The predicted octanol–water partition coefficient (Wildman–Crippen LogP) is 2.73. The molecule has 0 aliphatic rings. The minimum Gasteiger partial charge on any atom is -0.336 e. The highest BCUT2D eigenvalue weighted by Gasteiger charge is 2.11. The molecule has 1 aromatic carbocycles. The molecule has 108 valence electrons. The molecule has 0 spiro atoms. The lowest BCUT2D eigenvalue weighted by Crippen LogP contribution is -2.02. The number of hydrogen-bond acceptors (Lipinski definition) is 5. The van der Waals surface area contributed by atoms with Crippen LogP contribution in [0.3, 0.4) is 0 Å². The molecule has 0 unspecified atom stereocenters. The third-order valence-corrected chi connectivity index (χ3v) is 3.13. The Hall–Kier alpha value is -3.27. The van der Waals surface area contributed by atoms with Gasteiger partial charge in [0.15, 0.2) is 11.5 Å². The summed E-state index contributed by atoms with van der Waals surface area (Å²) in [6.45, 7) is 1.82. The lowest BCUT2D eigenvalue weighted by Gasteiger charge is -2.07. The SMILES string of the molecule is Cc1c(Nc2ccc(C#N)nn2)cnn1-c1ccccc1F. The fourth-order valence-corrected chi connectivity index (χ4v) is 2.00. The molecule has 2 heterocycles. The first-order chi connectivity index (χ1) is 10.7. The van der Waals surface area contributed by atoms with E-state index >= 15 is 0 Å². The van der Waals surface area contributed by atoms with Gasteiger partial charge < -0.3 is 5.32 Å². The van der Waals surface area contributed by atoms with Crippen molar-refractivity contribution in [2.24, 2.45) is 0 Å². The fraction of sp³-hybridized carbons (Fsp3) is 0.0667. The van der Waals surface area contributed by atoms with Crippen molar-refractivity contribution in [1.82, 2.24) is 20.0 Å². The second kappa shape index (κ2) is 5.61. The third-order valence-electron chi connectivity index (χ3n) is 3.13. The van der Waals surface area contributed by atoms with E-state index in [1.54, 1.807) is 36.5 Å². The van der Waals surface area contributed by atoms with Gasteiger partial charge in [0.2, 0.25) is 0 Å². The summed E-state index contributed by atoms with van der Waals surface area (Å²) in [6.07, 6.45) is 1.58. The van der Waals surface area contributed by atoms with E-state index in [4.69, 9.17) is 5.26 Å². The normalized spacial score (nSPS) is 10.2. The van der Waals surface area contributed by atoms with Crippen LogP contribution in [0.15, 0.2) is 42.6 Å². The summed E-state index contributed by atoms with van der Waals surface area (Å²) < 4.78 is 15.3. The topological polar surface area (TPSA) is 79.4 Å². The first kappa shape index (κ1) is 13.7. The van der Waals surface area contributed by atoms with Crippen molar-refractivity contribution in [2.45, 2.75) is 6.92 Å². The van der Waals surface area contributed by atoms with Crippen molar-refractivity contribution in [3.63, 3.8) is 0 Å². The molecule has 0 saturated carbocycles. The fourth-order valence-electron chi connectivity index (χ4n) is 2.00. The number of para-hydroxylation sites is 1. The van der Waals surface area contributed by atoms with Gasteiger partial charge in [-0.2, -0.15) is 10.4 Å². The van der Waals surface area contributed by atoms with Gasteiger partial charge in [0, 0.05) is 0 Å². The van der Waals surface area contributed by atoms with Crippen LogP contribution < -0.4 is 5.32 Å². The maximum Gasteiger partial charge on any atom is 0.163 e. The molecule has 6 nitrogen and oxygen atoms in total. The highest BCUT2D eigenvalue weighted by Crippen LogP contribution is 2.22. The number of nitriles is 1. The van der Waals surface area contributed by atoms with Crippen LogP contribution in [0.4, 0.5) is 15.9 Å². The summed E-state index contributed by atoms with van der Waals surface area (Å²) in [6, 6.07) is 11.5. The van der Waals surface area contributed by atoms with Crippen LogP contribution in [0, 0.1) is 24.1 Å². The molecule has 3 rings (SSSR count). The molecule has 1 N–H and O–H groups in total.